The Hall–Kier alpha value is -2.63. The van der Waals surface area contributed by atoms with E-state index in [9.17, 15) is 9.59 Å². The molecule has 2 aromatic rings. The van der Waals surface area contributed by atoms with Crippen LogP contribution in [-0.4, -0.2) is 50.8 Å². The molecule has 2 aliphatic heterocycles. The van der Waals surface area contributed by atoms with Gasteiger partial charge in [-0.25, -0.2) is 4.98 Å². The second kappa shape index (κ2) is 6.94. The van der Waals surface area contributed by atoms with Gasteiger partial charge < -0.3 is 14.4 Å². The van der Waals surface area contributed by atoms with E-state index in [4.69, 9.17) is 0 Å². The summed E-state index contributed by atoms with van der Waals surface area (Å²) in [5, 5.41) is 0. The van der Waals surface area contributed by atoms with E-state index >= 15 is 0 Å². The number of carbonyl (C=O) groups is 2. The van der Waals surface area contributed by atoms with Crippen LogP contribution < -0.4 is 0 Å². The molecule has 6 nitrogen and oxygen atoms in total. The van der Waals surface area contributed by atoms with Gasteiger partial charge in [0.05, 0.1) is 0 Å². The summed E-state index contributed by atoms with van der Waals surface area (Å²) in [6, 6.07) is 8.36. The highest BCUT2D eigenvalue weighted by atomic mass is 16.2. The van der Waals surface area contributed by atoms with E-state index in [1.54, 1.807) is 17.0 Å². The van der Waals surface area contributed by atoms with Gasteiger partial charge >= 0.3 is 0 Å². The lowest BCUT2D eigenvalue weighted by molar-refractivity contribution is -0.137. The maximum atomic E-state index is 12.9. The molecule has 1 saturated heterocycles. The van der Waals surface area contributed by atoms with Crippen molar-refractivity contribution in [3.8, 4) is 0 Å². The molecule has 1 aromatic heterocycles. The summed E-state index contributed by atoms with van der Waals surface area (Å²) in [5.74, 6) is 0.673. The molecule has 2 aliphatic rings. The van der Waals surface area contributed by atoms with Gasteiger partial charge in [-0.2, -0.15) is 0 Å². The van der Waals surface area contributed by atoms with Crippen LogP contribution in [0.4, 0.5) is 0 Å². The highest BCUT2D eigenvalue weighted by Gasteiger charge is 2.32. The molecule has 0 radical (unpaired) electrons. The standard InChI is InChI=1S/C20H24N4O2/c1-22-13-9-21-18(22)20(26)23-10-7-16(8-11-23)19(25)24-12-6-15-4-2-3-5-17(15)14-24/h2-5,9,13,16H,6-8,10-12,14H2,1H3. The molecule has 0 spiro atoms. The first kappa shape index (κ1) is 16.8. The number of piperidine rings is 1. The van der Waals surface area contributed by atoms with Crippen molar-refractivity contribution >= 4 is 11.8 Å². The average Bonchev–Trinajstić information content (AvgIpc) is 3.12. The quantitative estimate of drug-likeness (QED) is 0.829. The summed E-state index contributed by atoms with van der Waals surface area (Å²) >= 11 is 0. The molecule has 0 saturated carbocycles. The molecule has 0 aliphatic carbocycles. The zero-order valence-electron chi connectivity index (χ0n) is 15.1. The number of benzene rings is 1. The summed E-state index contributed by atoms with van der Waals surface area (Å²) in [5.41, 5.74) is 2.61. The summed E-state index contributed by atoms with van der Waals surface area (Å²) < 4.78 is 1.74. The second-order valence-corrected chi connectivity index (χ2v) is 7.21. The van der Waals surface area contributed by atoms with Gasteiger partial charge in [-0.15, -0.1) is 0 Å². The highest BCUT2D eigenvalue weighted by Crippen LogP contribution is 2.25. The highest BCUT2D eigenvalue weighted by molar-refractivity contribution is 5.91. The van der Waals surface area contributed by atoms with Crippen molar-refractivity contribution in [2.45, 2.75) is 25.8 Å². The third kappa shape index (κ3) is 3.11. The van der Waals surface area contributed by atoms with E-state index in [-0.39, 0.29) is 17.7 Å². The minimum Gasteiger partial charge on any atom is -0.338 e. The molecule has 2 amide bonds. The number of aryl methyl sites for hydroxylation is 1. The van der Waals surface area contributed by atoms with Crippen LogP contribution in [0.3, 0.4) is 0 Å². The van der Waals surface area contributed by atoms with Crippen LogP contribution in [0.2, 0.25) is 0 Å². The Labute approximate surface area is 153 Å². The van der Waals surface area contributed by atoms with E-state index < -0.39 is 0 Å². The number of fused-ring (bicyclic) bond motifs is 1. The molecule has 0 N–H and O–H groups in total. The Balaban J connectivity index is 1.36. The van der Waals surface area contributed by atoms with Crippen molar-refractivity contribution in [2.75, 3.05) is 19.6 Å². The number of imidazole rings is 1. The van der Waals surface area contributed by atoms with Crippen LogP contribution in [0, 0.1) is 5.92 Å². The number of carbonyl (C=O) groups excluding carboxylic acids is 2. The Bertz CT molecular complexity index is 821. The first-order chi connectivity index (χ1) is 12.6. The van der Waals surface area contributed by atoms with E-state index in [1.165, 1.54) is 11.1 Å². The number of hydrogen-bond acceptors (Lipinski definition) is 3. The molecule has 0 unspecified atom stereocenters. The molecule has 136 valence electrons. The predicted molar refractivity (Wildman–Crippen MR) is 97.4 cm³/mol. The van der Waals surface area contributed by atoms with Crippen LogP contribution in [0.25, 0.3) is 0 Å². The van der Waals surface area contributed by atoms with Gasteiger partial charge in [0.2, 0.25) is 5.91 Å². The average molecular weight is 352 g/mol. The Morgan fingerprint density at radius 3 is 2.46 bits per heavy atom. The van der Waals surface area contributed by atoms with Crippen molar-refractivity contribution in [2.24, 2.45) is 13.0 Å². The van der Waals surface area contributed by atoms with E-state index in [0.717, 1.165) is 25.8 Å². The molecule has 26 heavy (non-hydrogen) atoms. The van der Waals surface area contributed by atoms with Gasteiger partial charge in [0.25, 0.3) is 5.91 Å². The lowest BCUT2D eigenvalue weighted by Crippen LogP contribution is -2.46. The van der Waals surface area contributed by atoms with Crippen LogP contribution in [0.1, 0.15) is 34.6 Å². The number of likely N-dealkylation sites (tertiary alicyclic amines) is 1. The molecule has 0 bridgehead atoms. The predicted octanol–water partition coefficient (Wildman–Crippen LogP) is 1.86. The number of hydrogen-bond donors (Lipinski definition) is 0. The molecule has 6 heteroatoms. The summed E-state index contributed by atoms with van der Waals surface area (Å²) in [7, 11) is 1.82. The van der Waals surface area contributed by atoms with E-state index in [2.05, 4.69) is 23.2 Å². The van der Waals surface area contributed by atoms with Crippen molar-refractivity contribution in [3.05, 3.63) is 53.6 Å². The van der Waals surface area contributed by atoms with Crippen LogP contribution in [0.5, 0.6) is 0 Å². The van der Waals surface area contributed by atoms with Gasteiger partial charge in [-0.05, 0) is 30.4 Å². The third-order valence-corrected chi connectivity index (χ3v) is 5.59. The SMILES string of the molecule is Cn1ccnc1C(=O)N1CCC(C(=O)N2CCc3ccccc3C2)CC1. The van der Waals surface area contributed by atoms with Crippen molar-refractivity contribution < 1.29 is 9.59 Å². The van der Waals surface area contributed by atoms with Gasteiger partial charge in [0.15, 0.2) is 5.82 Å². The molecular formula is C20H24N4O2. The van der Waals surface area contributed by atoms with Crippen molar-refractivity contribution in [1.82, 2.24) is 19.4 Å². The third-order valence-electron chi connectivity index (χ3n) is 5.59. The second-order valence-electron chi connectivity index (χ2n) is 7.21. The van der Waals surface area contributed by atoms with Gasteiger partial charge in [-0.1, -0.05) is 24.3 Å². The lowest BCUT2D eigenvalue weighted by atomic mass is 9.93. The van der Waals surface area contributed by atoms with Crippen LogP contribution in [-0.2, 0) is 24.8 Å². The summed E-state index contributed by atoms with van der Waals surface area (Å²) in [6.45, 7) is 2.74. The molecule has 1 fully saturated rings. The lowest BCUT2D eigenvalue weighted by Gasteiger charge is -2.36. The molecule has 1 aromatic carbocycles. The van der Waals surface area contributed by atoms with Crippen LogP contribution >= 0.6 is 0 Å². The maximum Gasteiger partial charge on any atom is 0.289 e. The molecule has 3 heterocycles. The van der Waals surface area contributed by atoms with Gasteiger partial charge in [0, 0.05) is 51.5 Å². The number of amides is 2. The smallest absolute Gasteiger partial charge is 0.289 e. The molecular weight excluding hydrogens is 328 g/mol. The first-order valence-electron chi connectivity index (χ1n) is 9.25. The van der Waals surface area contributed by atoms with Gasteiger partial charge in [0.1, 0.15) is 0 Å². The van der Waals surface area contributed by atoms with Crippen molar-refractivity contribution in [3.63, 3.8) is 0 Å². The molecule has 4 rings (SSSR count). The van der Waals surface area contributed by atoms with E-state index in [1.807, 2.05) is 22.9 Å². The van der Waals surface area contributed by atoms with Crippen molar-refractivity contribution in [1.29, 1.82) is 0 Å². The fourth-order valence-electron chi connectivity index (χ4n) is 3.98. The Kier molecular flexibility index (Phi) is 4.49. The fourth-order valence-corrected chi connectivity index (χ4v) is 3.98. The minimum atomic E-state index is -0.0460. The normalized spacial score (nSPS) is 17.9. The zero-order chi connectivity index (χ0) is 18.1. The Morgan fingerprint density at radius 1 is 1.04 bits per heavy atom. The maximum absolute atomic E-state index is 12.9. The number of rotatable bonds is 2. The molecule has 0 atom stereocenters. The van der Waals surface area contributed by atoms with Crippen LogP contribution in [0.15, 0.2) is 36.7 Å². The summed E-state index contributed by atoms with van der Waals surface area (Å²) in [6.07, 6.45) is 5.80. The minimum absolute atomic E-state index is 0.0192. The number of nitrogens with zero attached hydrogens (tertiary/aromatic N) is 4. The topological polar surface area (TPSA) is 58.4 Å². The Morgan fingerprint density at radius 2 is 1.77 bits per heavy atom. The zero-order valence-corrected chi connectivity index (χ0v) is 15.1. The van der Waals surface area contributed by atoms with E-state index in [0.29, 0.717) is 25.5 Å². The monoisotopic (exact) mass is 352 g/mol. The largest absolute Gasteiger partial charge is 0.338 e. The van der Waals surface area contributed by atoms with Gasteiger partial charge in [-0.3, -0.25) is 9.59 Å². The number of aromatic nitrogens is 2. The summed E-state index contributed by atoms with van der Waals surface area (Å²) in [4.78, 5) is 33.4. The first-order valence-corrected chi connectivity index (χ1v) is 9.25. The fraction of sp³-hybridized carbons (Fsp3) is 0.450.